The maximum atomic E-state index is 12.3. The Kier molecular flexibility index (Phi) is 7.86. The number of anilines is 1. The van der Waals surface area contributed by atoms with Gasteiger partial charge in [0.25, 0.3) is 11.8 Å². The van der Waals surface area contributed by atoms with Crippen LogP contribution in [0, 0.1) is 12.8 Å². The van der Waals surface area contributed by atoms with E-state index in [4.69, 9.17) is 4.74 Å². The molecule has 0 radical (unpaired) electrons. The standard InChI is InChI=1S/C23H28N4O4/c1-17-7-9-19(10-8-17)24-15-21(28)25-26-23(30)18-11-13-27(14-12-18)22(29)16-31-20-5-3-2-4-6-20/h2-10,18,24H,11-16H2,1H3,(H,25,28)(H,26,30). The van der Waals surface area contributed by atoms with E-state index in [9.17, 15) is 14.4 Å². The average molecular weight is 425 g/mol. The Hall–Kier alpha value is -3.55. The van der Waals surface area contributed by atoms with Crippen LogP contribution < -0.4 is 20.9 Å². The van der Waals surface area contributed by atoms with Crippen molar-refractivity contribution in [3.63, 3.8) is 0 Å². The largest absolute Gasteiger partial charge is 0.484 e. The molecule has 1 saturated heterocycles. The lowest BCUT2D eigenvalue weighted by Gasteiger charge is -2.31. The van der Waals surface area contributed by atoms with E-state index in [0.717, 1.165) is 11.3 Å². The van der Waals surface area contributed by atoms with Crippen LogP contribution >= 0.6 is 0 Å². The molecular formula is C23H28N4O4. The summed E-state index contributed by atoms with van der Waals surface area (Å²) in [5, 5.41) is 3.00. The lowest BCUT2D eigenvalue weighted by Crippen LogP contribution is -2.49. The average Bonchev–Trinajstić information content (AvgIpc) is 2.81. The highest BCUT2D eigenvalue weighted by Gasteiger charge is 2.27. The third kappa shape index (κ3) is 7.02. The van der Waals surface area contributed by atoms with E-state index in [1.54, 1.807) is 17.0 Å². The fourth-order valence-corrected chi connectivity index (χ4v) is 3.28. The van der Waals surface area contributed by atoms with Crippen LogP contribution in [0.1, 0.15) is 18.4 Å². The highest BCUT2D eigenvalue weighted by atomic mass is 16.5. The number of nitrogens with zero attached hydrogens (tertiary/aromatic N) is 1. The van der Waals surface area contributed by atoms with Crippen molar-refractivity contribution >= 4 is 23.4 Å². The normalized spacial score (nSPS) is 13.9. The van der Waals surface area contributed by atoms with E-state index in [0.29, 0.717) is 31.7 Å². The van der Waals surface area contributed by atoms with Gasteiger partial charge in [-0.25, -0.2) is 0 Å². The molecule has 1 aliphatic rings. The maximum Gasteiger partial charge on any atom is 0.260 e. The van der Waals surface area contributed by atoms with Crippen LogP contribution in [0.25, 0.3) is 0 Å². The van der Waals surface area contributed by atoms with Crippen LogP contribution in [-0.2, 0) is 14.4 Å². The zero-order chi connectivity index (χ0) is 22.1. The quantitative estimate of drug-likeness (QED) is 0.590. The molecule has 0 aromatic heterocycles. The molecule has 0 spiro atoms. The first-order valence-electron chi connectivity index (χ1n) is 10.4. The highest BCUT2D eigenvalue weighted by molar-refractivity contribution is 5.85. The van der Waals surface area contributed by atoms with Crippen LogP contribution in [0.3, 0.4) is 0 Å². The highest BCUT2D eigenvalue weighted by Crippen LogP contribution is 2.18. The van der Waals surface area contributed by atoms with Gasteiger partial charge in [0.15, 0.2) is 6.61 Å². The predicted octanol–water partition coefficient (Wildman–Crippen LogP) is 1.87. The van der Waals surface area contributed by atoms with Crippen molar-refractivity contribution in [1.29, 1.82) is 0 Å². The number of ether oxygens (including phenoxy) is 1. The summed E-state index contributed by atoms with van der Waals surface area (Å²) < 4.78 is 5.50. The molecule has 0 saturated carbocycles. The lowest BCUT2D eigenvalue weighted by atomic mass is 9.96. The van der Waals surface area contributed by atoms with Gasteiger partial charge in [0.1, 0.15) is 5.75 Å². The molecule has 31 heavy (non-hydrogen) atoms. The Morgan fingerprint density at radius 3 is 2.32 bits per heavy atom. The Morgan fingerprint density at radius 1 is 0.968 bits per heavy atom. The number of rotatable bonds is 7. The number of nitrogens with one attached hydrogen (secondary N) is 3. The summed E-state index contributed by atoms with van der Waals surface area (Å²) in [6.45, 7) is 2.99. The van der Waals surface area contributed by atoms with Gasteiger partial charge >= 0.3 is 0 Å². The number of likely N-dealkylation sites (tertiary alicyclic amines) is 1. The van der Waals surface area contributed by atoms with E-state index >= 15 is 0 Å². The minimum absolute atomic E-state index is 0.0229. The van der Waals surface area contributed by atoms with Gasteiger partial charge < -0.3 is 15.0 Å². The maximum absolute atomic E-state index is 12.3. The molecule has 2 aromatic carbocycles. The van der Waals surface area contributed by atoms with Crippen molar-refractivity contribution in [2.45, 2.75) is 19.8 Å². The first-order valence-corrected chi connectivity index (χ1v) is 10.4. The van der Waals surface area contributed by atoms with E-state index in [-0.39, 0.29) is 36.8 Å². The van der Waals surface area contributed by atoms with Crippen LogP contribution in [0.2, 0.25) is 0 Å². The topological polar surface area (TPSA) is 99.8 Å². The summed E-state index contributed by atoms with van der Waals surface area (Å²) in [7, 11) is 0. The van der Waals surface area contributed by atoms with Crippen molar-refractivity contribution in [2.24, 2.45) is 5.92 Å². The number of carbonyl (C=O) groups excluding carboxylic acids is 3. The summed E-state index contributed by atoms with van der Waals surface area (Å²) in [5.74, 6) is -0.267. The van der Waals surface area contributed by atoms with Gasteiger partial charge in [-0.15, -0.1) is 0 Å². The van der Waals surface area contributed by atoms with Crippen LogP contribution in [0.15, 0.2) is 54.6 Å². The summed E-state index contributed by atoms with van der Waals surface area (Å²) in [4.78, 5) is 38.3. The van der Waals surface area contributed by atoms with Gasteiger partial charge in [0.2, 0.25) is 5.91 Å². The summed E-state index contributed by atoms with van der Waals surface area (Å²) >= 11 is 0. The Labute approximate surface area is 181 Å². The van der Waals surface area contributed by atoms with Gasteiger partial charge in [-0.05, 0) is 44.0 Å². The molecule has 3 rings (SSSR count). The van der Waals surface area contributed by atoms with Crippen molar-refractivity contribution in [2.75, 3.05) is 31.6 Å². The SMILES string of the molecule is Cc1ccc(NCC(=O)NNC(=O)C2CCN(C(=O)COc3ccccc3)CC2)cc1. The summed E-state index contributed by atoms with van der Waals surface area (Å²) in [6.07, 6.45) is 1.08. The Morgan fingerprint density at radius 2 is 1.65 bits per heavy atom. The van der Waals surface area contributed by atoms with E-state index in [2.05, 4.69) is 16.2 Å². The van der Waals surface area contributed by atoms with E-state index in [1.807, 2.05) is 49.4 Å². The van der Waals surface area contributed by atoms with Crippen molar-refractivity contribution in [1.82, 2.24) is 15.8 Å². The molecule has 0 atom stereocenters. The fraction of sp³-hybridized carbons (Fsp3) is 0.348. The number of para-hydroxylation sites is 1. The van der Waals surface area contributed by atoms with Crippen LogP contribution in [0.4, 0.5) is 5.69 Å². The van der Waals surface area contributed by atoms with Crippen molar-refractivity contribution < 1.29 is 19.1 Å². The monoisotopic (exact) mass is 424 g/mol. The number of hydrogen-bond donors (Lipinski definition) is 3. The fourth-order valence-electron chi connectivity index (χ4n) is 3.28. The number of benzene rings is 2. The van der Waals surface area contributed by atoms with Gasteiger partial charge in [0, 0.05) is 24.7 Å². The van der Waals surface area contributed by atoms with E-state index < -0.39 is 0 Å². The summed E-state index contributed by atoms with van der Waals surface area (Å²) in [6, 6.07) is 16.9. The van der Waals surface area contributed by atoms with Gasteiger partial charge in [-0.1, -0.05) is 35.9 Å². The molecule has 1 aliphatic heterocycles. The number of carbonyl (C=O) groups is 3. The molecule has 0 unspecified atom stereocenters. The minimum Gasteiger partial charge on any atom is -0.484 e. The second-order valence-corrected chi connectivity index (χ2v) is 7.51. The molecule has 1 fully saturated rings. The van der Waals surface area contributed by atoms with Crippen LogP contribution in [-0.4, -0.2) is 48.9 Å². The first kappa shape index (κ1) is 22.1. The van der Waals surface area contributed by atoms with Crippen molar-refractivity contribution in [3.8, 4) is 5.75 Å². The molecule has 0 bridgehead atoms. The third-order valence-corrected chi connectivity index (χ3v) is 5.15. The summed E-state index contributed by atoms with van der Waals surface area (Å²) in [5.41, 5.74) is 6.89. The smallest absolute Gasteiger partial charge is 0.260 e. The van der Waals surface area contributed by atoms with Gasteiger partial charge in [-0.2, -0.15) is 0 Å². The Bertz CT molecular complexity index is 878. The van der Waals surface area contributed by atoms with Gasteiger partial charge in [-0.3, -0.25) is 25.2 Å². The molecule has 8 heteroatoms. The van der Waals surface area contributed by atoms with Crippen molar-refractivity contribution in [3.05, 3.63) is 60.2 Å². The molecule has 1 heterocycles. The molecule has 164 valence electrons. The van der Waals surface area contributed by atoms with E-state index in [1.165, 1.54) is 0 Å². The Balaban J connectivity index is 1.32. The second kappa shape index (κ2) is 11.0. The number of hydrazine groups is 1. The molecular weight excluding hydrogens is 396 g/mol. The minimum atomic E-state index is -0.334. The number of aryl methyl sites for hydroxylation is 1. The molecule has 8 nitrogen and oxygen atoms in total. The molecule has 3 amide bonds. The number of hydrogen-bond acceptors (Lipinski definition) is 5. The molecule has 3 N–H and O–H groups in total. The van der Waals surface area contributed by atoms with Gasteiger partial charge in [0.05, 0.1) is 6.54 Å². The molecule has 2 aromatic rings. The number of piperidine rings is 1. The zero-order valence-electron chi connectivity index (χ0n) is 17.6. The molecule has 0 aliphatic carbocycles. The number of amides is 3. The predicted molar refractivity (Wildman–Crippen MR) is 117 cm³/mol. The van der Waals surface area contributed by atoms with Crippen LogP contribution in [0.5, 0.6) is 5.75 Å². The third-order valence-electron chi connectivity index (χ3n) is 5.15. The zero-order valence-corrected chi connectivity index (χ0v) is 17.6. The first-order chi connectivity index (χ1) is 15.0. The lowest BCUT2D eigenvalue weighted by molar-refractivity contribution is -0.138. The second-order valence-electron chi connectivity index (χ2n) is 7.51.